The molecule has 68 valence electrons. The highest BCUT2D eigenvalue weighted by molar-refractivity contribution is 7.96. The summed E-state index contributed by atoms with van der Waals surface area (Å²) < 4.78 is 4.94. The molecule has 2 aromatic rings. The van der Waals surface area contributed by atoms with Crippen LogP contribution in [0.5, 0.6) is 0 Å². The predicted molar refractivity (Wildman–Crippen MR) is 54.4 cm³/mol. The molecule has 0 spiro atoms. The molecule has 0 amide bonds. The Bertz CT molecular complexity index is 368. The lowest BCUT2D eigenvalue weighted by atomic mass is 10.3. The van der Waals surface area contributed by atoms with Crippen molar-refractivity contribution in [3.63, 3.8) is 0 Å². The van der Waals surface area contributed by atoms with E-state index in [9.17, 15) is 0 Å². The van der Waals surface area contributed by atoms with E-state index in [-0.39, 0.29) is 0 Å². The van der Waals surface area contributed by atoms with E-state index in [1.807, 2.05) is 24.3 Å². The highest BCUT2D eigenvalue weighted by Gasteiger charge is 1.91. The monoisotopic (exact) mass is 214 g/mol. The normalized spacial score (nSPS) is 9.00. The molecule has 0 bridgehead atoms. The van der Waals surface area contributed by atoms with Crippen LogP contribution in [0, 0.1) is 0 Å². The largest absolute Gasteiger partial charge is 0.473 e. The summed E-state index contributed by atoms with van der Waals surface area (Å²) in [7, 11) is 0. The minimum Gasteiger partial charge on any atom is -0.473 e. The smallest absolute Gasteiger partial charge is 0.361 e. The van der Waals surface area contributed by atoms with E-state index in [1.165, 1.54) is 11.5 Å². The molecule has 0 fully saturated rings. The number of aromatic nitrogens is 2. The summed E-state index contributed by atoms with van der Waals surface area (Å²) in [4.78, 5) is 8.86. The van der Waals surface area contributed by atoms with Crippen molar-refractivity contribution in [1.29, 1.82) is 0 Å². The van der Waals surface area contributed by atoms with Crippen molar-refractivity contribution in [1.82, 2.24) is 9.59 Å². The van der Waals surface area contributed by atoms with Gasteiger partial charge >= 0.3 is 5.30 Å². The highest BCUT2D eigenvalue weighted by atomic mass is 32.1. The van der Waals surface area contributed by atoms with Gasteiger partial charge in [-0.25, -0.2) is 4.79 Å². The molecule has 0 saturated heterocycles. The summed E-state index contributed by atoms with van der Waals surface area (Å²) in [6.45, 7) is 0. The van der Waals surface area contributed by atoms with Gasteiger partial charge in [0.1, 0.15) is 5.52 Å². The molecule has 1 N–H and O–H groups in total. The molecule has 4 nitrogen and oxygen atoms in total. The van der Waals surface area contributed by atoms with Crippen molar-refractivity contribution in [2.75, 3.05) is 0 Å². The summed E-state index contributed by atoms with van der Waals surface area (Å²) in [6, 6.07) is 7.92. The first-order chi connectivity index (χ1) is 6.20. The molecule has 0 saturated carbocycles. The number of nitrogens with zero attached hydrogens (tertiary/aromatic N) is 2. The summed E-state index contributed by atoms with van der Waals surface area (Å²) in [5, 5.41) is 10.0. The maximum atomic E-state index is 8.86. The topological polar surface area (TPSA) is 63.1 Å². The van der Waals surface area contributed by atoms with Gasteiger partial charge in [0.2, 0.25) is 0 Å². The van der Waals surface area contributed by atoms with Gasteiger partial charge < -0.3 is 5.11 Å². The quantitative estimate of drug-likeness (QED) is 0.660. The fourth-order valence-electron chi connectivity index (χ4n) is 0.725. The first kappa shape index (κ1) is 9.94. The number of hydrogen-bond acceptors (Lipinski definition) is 4. The van der Waals surface area contributed by atoms with Crippen molar-refractivity contribution >= 4 is 39.7 Å². The second kappa shape index (κ2) is 4.78. The van der Waals surface area contributed by atoms with Crippen LogP contribution >= 0.6 is 24.2 Å². The van der Waals surface area contributed by atoms with Crippen molar-refractivity contribution in [3.8, 4) is 0 Å². The molecule has 6 heteroatoms. The number of fused-ring (bicyclic) bond motifs is 1. The molecule has 13 heavy (non-hydrogen) atoms. The Labute approximate surface area is 83.8 Å². The number of thiol groups is 1. The lowest BCUT2D eigenvalue weighted by Gasteiger charge is -1.78. The summed E-state index contributed by atoms with van der Waals surface area (Å²) >= 11 is 4.31. The first-order valence-electron chi connectivity index (χ1n) is 3.29. The Balaban J connectivity index is 0.000000184. The maximum absolute atomic E-state index is 8.86. The number of carbonyl (C=O) groups is 1. The van der Waals surface area contributed by atoms with E-state index in [0.29, 0.717) is 0 Å². The summed E-state index contributed by atoms with van der Waals surface area (Å²) in [5.74, 6) is 0. The zero-order chi connectivity index (χ0) is 9.68. The molecule has 2 rings (SSSR count). The van der Waals surface area contributed by atoms with Crippen LogP contribution < -0.4 is 0 Å². The second-order valence-corrected chi connectivity index (χ2v) is 3.19. The molecule has 0 aliphatic heterocycles. The maximum Gasteiger partial charge on any atom is 0.361 e. The van der Waals surface area contributed by atoms with Crippen LogP contribution in [0.1, 0.15) is 0 Å². The van der Waals surface area contributed by atoms with E-state index >= 15 is 0 Å². The third-order valence-electron chi connectivity index (χ3n) is 1.15. The van der Waals surface area contributed by atoms with Gasteiger partial charge in [0.05, 0.1) is 4.70 Å². The van der Waals surface area contributed by atoms with Gasteiger partial charge in [-0.15, -0.1) is 5.10 Å². The Morgan fingerprint density at radius 1 is 1.46 bits per heavy atom. The molecule has 0 unspecified atom stereocenters. The number of rotatable bonds is 0. The zero-order valence-corrected chi connectivity index (χ0v) is 8.13. The van der Waals surface area contributed by atoms with Gasteiger partial charge in [0.25, 0.3) is 0 Å². The van der Waals surface area contributed by atoms with Crippen LogP contribution in [-0.2, 0) is 0 Å². The molecule has 0 aliphatic carbocycles. The first-order valence-corrected chi connectivity index (χ1v) is 4.51. The number of benzene rings is 1. The third-order valence-corrected chi connectivity index (χ3v) is 1.86. The molecule has 1 aromatic heterocycles. The van der Waals surface area contributed by atoms with E-state index in [1.54, 1.807) is 0 Å². The molecular weight excluding hydrogens is 208 g/mol. The van der Waals surface area contributed by atoms with Gasteiger partial charge in [-0.05, 0) is 23.7 Å². The minimum absolute atomic E-state index is 0.988. The van der Waals surface area contributed by atoms with E-state index in [0.717, 1.165) is 10.2 Å². The van der Waals surface area contributed by atoms with Gasteiger partial charge in [-0.3, -0.25) is 0 Å². The van der Waals surface area contributed by atoms with Crippen LogP contribution in [0.4, 0.5) is 4.79 Å². The molecule has 0 radical (unpaired) electrons. The fraction of sp³-hybridized carbons (Fsp3) is 0. The average Bonchev–Trinajstić information content (AvgIpc) is 2.49. The van der Waals surface area contributed by atoms with Crippen LogP contribution in [0.15, 0.2) is 24.3 Å². The van der Waals surface area contributed by atoms with E-state index < -0.39 is 5.30 Å². The Morgan fingerprint density at radius 3 is 2.69 bits per heavy atom. The number of carboxylic acid groups (broad SMARTS) is 1. The van der Waals surface area contributed by atoms with Crippen molar-refractivity contribution in [2.45, 2.75) is 0 Å². The average molecular weight is 214 g/mol. The molecule has 1 heterocycles. The van der Waals surface area contributed by atoms with Crippen LogP contribution in [0.25, 0.3) is 10.2 Å². The summed E-state index contributed by atoms with van der Waals surface area (Å²) in [5.41, 5.74) is 0.988. The number of hydrogen-bond donors (Lipinski definition) is 2. The Morgan fingerprint density at radius 2 is 2.08 bits per heavy atom. The van der Waals surface area contributed by atoms with Crippen molar-refractivity contribution in [3.05, 3.63) is 24.3 Å². The lowest BCUT2D eigenvalue weighted by Crippen LogP contribution is -1.67. The minimum atomic E-state index is -1.14. The molecule has 0 atom stereocenters. The van der Waals surface area contributed by atoms with Gasteiger partial charge in [-0.1, -0.05) is 29.2 Å². The van der Waals surface area contributed by atoms with E-state index in [2.05, 4.69) is 22.2 Å². The molecule has 0 aliphatic rings. The molecular formula is C7H6N2O2S2. The van der Waals surface area contributed by atoms with Crippen LogP contribution in [0.2, 0.25) is 0 Å². The second-order valence-electron chi connectivity index (χ2n) is 2.02. The highest BCUT2D eigenvalue weighted by Crippen LogP contribution is 2.12. The zero-order valence-electron chi connectivity index (χ0n) is 6.41. The SMILES string of the molecule is O=C(O)S.c1ccc2snnc2c1. The van der Waals surface area contributed by atoms with Crippen LogP contribution in [0.3, 0.4) is 0 Å². The van der Waals surface area contributed by atoms with Gasteiger partial charge in [0.15, 0.2) is 0 Å². The predicted octanol–water partition coefficient (Wildman–Crippen LogP) is 2.29. The molecule has 1 aromatic carbocycles. The lowest BCUT2D eigenvalue weighted by molar-refractivity contribution is 0.222. The van der Waals surface area contributed by atoms with Gasteiger partial charge in [0, 0.05) is 0 Å². The Kier molecular flexibility index (Phi) is 3.66. The van der Waals surface area contributed by atoms with E-state index in [4.69, 9.17) is 9.90 Å². The van der Waals surface area contributed by atoms with Gasteiger partial charge in [-0.2, -0.15) is 0 Å². The van der Waals surface area contributed by atoms with Crippen molar-refractivity contribution < 1.29 is 9.90 Å². The Hall–Kier alpha value is -1.14. The fourth-order valence-corrected chi connectivity index (χ4v) is 1.28. The van der Waals surface area contributed by atoms with Crippen molar-refractivity contribution in [2.24, 2.45) is 0 Å². The third kappa shape index (κ3) is 3.39. The van der Waals surface area contributed by atoms with Crippen LogP contribution in [-0.4, -0.2) is 20.0 Å². The summed E-state index contributed by atoms with van der Waals surface area (Å²) in [6.07, 6.45) is 0. The standard InChI is InChI=1S/C6H4N2S.CH2O2S/c1-2-4-6-5(3-1)7-8-9-6;2-1(3)4/h1-4H;4H,(H,2,3).